The van der Waals surface area contributed by atoms with Crippen molar-refractivity contribution in [2.75, 3.05) is 19.6 Å². The third-order valence-corrected chi connectivity index (χ3v) is 3.45. The van der Waals surface area contributed by atoms with Crippen molar-refractivity contribution >= 4 is 5.91 Å². The number of likely N-dealkylation sites (tertiary alicyclic amines) is 1. The van der Waals surface area contributed by atoms with Crippen LogP contribution in [0.4, 0.5) is 0 Å². The number of amides is 1. The molecule has 1 saturated carbocycles. The van der Waals surface area contributed by atoms with E-state index in [0.29, 0.717) is 5.91 Å². The summed E-state index contributed by atoms with van der Waals surface area (Å²) in [5.41, 5.74) is 0. The molecule has 0 aromatic heterocycles. The van der Waals surface area contributed by atoms with Gasteiger partial charge in [-0.3, -0.25) is 4.79 Å². The van der Waals surface area contributed by atoms with Crippen molar-refractivity contribution in [2.45, 2.75) is 45.1 Å². The molecule has 2 rings (SSSR count). The van der Waals surface area contributed by atoms with E-state index < -0.39 is 0 Å². The highest BCUT2D eigenvalue weighted by molar-refractivity contribution is 5.81. The highest BCUT2D eigenvalue weighted by Gasteiger charge is 2.25. The van der Waals surface area contributed by atoms with Crippen molar-refractivity contribution in [3.8, 4) is 0 Å². The monoisotopic (exact) mass is 210 g/mol. The van der Waals surface area contributed by atoms with Gasteiger partial charge >= 0.3 is 0 Å². The Morgan fingerprint density at radius 3 is 2.60 bits per heavy atom. The van der Waals surface area contributed by atoms with Crippen molar-refractivity contribution in [3.05, 3.63) is 0 Å². The topological polar surface area (TPSA) is 32.3 Å². The third kappa shape index (κ3) is 3.20. The van der Waals surface area contributed by atoms with Crippen LogP contribution in [0.3, 0.4) is 0 Å². The molecule has 0 bridgehead atoms. The number of carbonyl (C=O) groups excluding carboxylic acids is 1. The molecule has 1 heterocycles. The van der Waals surface area contributed by atoms with E-state index in [9.17, 15) is 4.79 Å². The molecule has 1 saturated heterocycles. The van der Waals surface area contributed by atoms with Crippen LogP contribution in [0.2, 0.25) is 0 Å². The van der Waals surface area contributed by atoms with Gasteiger partial charge in [0.25, 0.3) is 0 Å². The number of hydrogen-bond acceptors (Lipinski definition) is 2. The van der Waals surface area contributed by atoms with E-state index in [2.05, 4.69) is 5.32 Å². The molecule has 1 unspecified atom stereocenters. The fourth-order valence-corrected chi connectivity index (χ4v) is 2.14. The zero-order valence-electron chi connectivity index (χ0n) is 9.67. The zero-order chi connectivity index (χ0) is 10.7. The minimum absolute atomic E-state index is 0.0173. The predicted octanol–water partition coefficient (Wildman–Crippen LogP) is 1.39. The number of carbonyl (C=O) groups is 1. The molecule has 1 aliphatic carbocycles. The first-order valence-electron chi connectivity index (χ1n) is 6.29. The first-order valence-corrected chi connectivity index (χ1v) is 6.29. The maximum Gasteiger partial charge on any atom is 0.239 e. The SMILES string of the molecule is CC(NCC1CC1)C(=O)N1CCCCC1. The summed E-state index contributed by atoms with van der Waals surface area (Å²) in [7, 11) is 0. The minimum Gasteiger partial charge on any atom is -0.341 e. The largest absolute Gasteiger partial charge is 0.341 e. The number of piperidine rings is 1. The van der Waals surface area contributed by atoms with Gasteiger partial charge in [-0.2, -0.15) is 0 Å². The molecule has 15 heavy (non-hydrogen) atoms. The summed E-state index contributed by atoms with van der Waals surface area (Å²) in [6.45, 7) is 4.96. The summed E-state index contributed by atoms with van der Waals surface area (Å²) in [5, 5.41) is 3.35. The van der Waals surface area contributed by atoms with Crippen LogP contribution in [0, 0.1) is 5.92 Å². The van der Waals surface area contributed by atoms with Crippen LogP contribution in [0.15, 0.2) is 0 Å². The lowest BCUT2D eigenvalue weighted by atomic mass is 10.1. The molecular weight excluding hydrogens is 188 g/mol. The van der Waals surface area contributed by atoms with Crippen molar-refractivity contribution < 1.29 is 4.79 Å². The summed E-state index contributed by atoms with van der Waals surface area (Å²) in [6.07, 6.45) is 6.34. The quantitative estimate of drug-likeness (QED) is 0.760. The van der Waals surface area contributed by atoms with E-state index in [1.807, 2.05) is 11.8 Å². The van der Waals surface area contributed by atoms with E-state index in [-0.39, 0.29) is 6.04 Å². The van der Waals surface area contributed by atoms with Crippen LogP contribution in [-0.2, 0) is 4.79 Å². The first kappa shape index (κ1) is 10.9. The summed E-state index contributed by atoms with van der Waals surface area (Å²) in [4.78, 5) is 14.0. The van der Waals surface area contributed by atoms with Gasteiger partial charge in [0.05, 0.1) is 6.04 Å². The maximum atomic E-state index is 12.0. The molecule has 3 heteroatoms. The Hall–Kier alpha value is -0.570. The Balaban J connectivity index is 1.71. The second-order valence-corrected chi connectivity index (χ2v) is 4.96. The maximum absolute atomic E-state index is 12.0. The van der Waals surface area contributed by atoms with E-state index >= 15 is 0 Å². The molecule has 0 spiro atoms. The summed E-state index contributed by atoms with van der Waals surface area (Å²) < 4.78 is 0. The number of nitrogens with zero attached hydrogens (tertiary/aromatic N) is 1. The van der Waals surface area contributed by atoms with Crippen LogP contribution in [0.25, 0.3) is 0 Å². The molecule has 3 nitrogen and oxygen atoms in total. The summed E-state index contributed by atoms with van der Waals surface area (Å²) in [5.74, 6) is 1.15. The van der Waals surface area contributed by atoms with Crippen molar-refractivity contribution in [3.63, 3.8) is 0 Å². The number of nitrogens with one attached hydrogen (secondary N) is 1. The van der Waals surface area contributed by atoms with Crippen LogP contribution in [-0.4, -0.2) is 36.5 Å². The van der Waals surface area contributed by atoms with E-state index in [1.165, 1.54) is 32.1 Å². The predicted molar refractivity (Wildman–Crippen MR) is 60.6 cm³/mol. The molecule has 2 aliphatic rings. The molecule has 1 aliphatic heterocycles. The van der Waals surface area contributed by atoms with Crippen LogP contribution in [0.1, 0.15) is 39.0 Å². The second-order valence-electron chi connectivity index (χ2n) is 4.96. The molecule has 2 fully saturated rings. The standard InChI is InChI=1S/C12H22N2O/c1-10(13-9-11-5-6-11)12(15)14-7-3-2-4-8-14/h10-11,13H,2-9H2,1H3. The average molecular weight is 210 g/mol. The smallest absolute Gasteiger partial charge is 0.239 e. The Kier molecular flexibility index (Phi) is 3.62. The fraction of sp³-hybridized carbons (Fsp3) is 0.917. The van der Waals surface area contributed by atoms with Crippen LogP contribution < -0.4 is 5.32 Å². The Labute approximate surface area is 92.2 Å². The molecule has 0 aromatic carbocycles. The van der Waals surface area contributed by atoms with Gasteiger partial charge in [-0.15, -0.1) is 0 Å². The zero-order valence-corrected chi connectivity index (χ0v) is 9.67. The minimum atomic E-state index is 0.0173. The van der Waals surface area contributed by atoms with Gasteiger partial charge in [-0.1, -0.05) is 0 Å². The lowest BCUT2D eigenvalue weighted by Crippen LogP contribution is -2.47. The lowest BCUT2D eigenvalue weighted by Gasteiger charge is -2.29. The molecule has 0 aromatic rings. The Morgan fingerprint density at radius 2 is 2.00 bits per heavy atom. The molecule has 86 valence electrons. The van der Waals surface area contributed by atoms with Crippen molar-refractivity contribution in [1.82, 2.24) is 10.2 Å². The highest BCUT2D eigenvalue weighted by Crippen LogP contribution is 2.27. The van der Waals surface area contributed by atoms with E-state index in [1.54, 1.807) is 0 Å². The first-order chi connectivity index (χ1) is 7.27. The van der Waals surface area contributed by atoms with Gasteiger partial charge in [-0.05, 0) is 51.5 Å². The molecular formula is C12H22N2O. The van der Waals surface area contributed by atoms with Gasteiger partial charge in [0, 0.05) is 13.1 Å². The fourth-order valence-electron chi connectivity index (χ4n) is 2.14. The number of hydrogen-bond donors (Lipinski definition) is 1. The second kappa shape index (κ2) is 4.97. The molecule has 0 radical (unpaired) electrons. The van der Waals surface area contributed by atoms with Crippen LogP contribution in [0.5, 0.6) is 0 Å². The third-order valence-electron chi connectivity index (χ3n) is 3.45. The van der Waals surface area contributed by atoms with E-state index in [4.69, 9.17) is 0 Å². The van der Waals surface area contributed by atoms with Crippen molar-refractivity contribution in [1.29, 1.82) is 0 Å². The normalized spacial score (nSPS) is 23.9. The van der Waals surface area contributed by atoms with E-state index in [0.717, 1.165) is 25.6 Å². The number of rotatable bonds is 4. The van der Waals surface area contributed by atoms with Crippen molar-refractivity contribution in [2.24, 2.45) is 5.92 Å². The Morgan fingerprint density at radius 1 is 1.33 bits per heavy atom. The van der Waals surface area contributed by atoms with Gasteiger partial charge < -0.3 is 10.2 Å². The lowest BCUT2D eigenvalue weighted by molar-refractivity contribution is -0.133. The van der Waals surface area contributed by atoms with Gasteiger partial charge in [0.1, 0.15) is 0 Å². The average Bonchev–Trinajstić information content (AvgIpc) is 3.10. The summed E-state index contributed by atoms with van der Waals surface area (Å²) in [6, 6.07) is 0.0173. The van der Waals surface area contributed by atoms with Gasteiger partial charge in [-0.25, -0.2) is 0 Å². The Bertz CT molecular complexity index is 220. The molecule has 1 amide bonds. The molecule has 1 atom stereocenters. The summed E-state index contributed by atoms with van der Waals surface area (Å²) >= 11 is 0. The highest BCUT2D eigenvalue weighted by atomic mass is 16.2. The van der Waals surface area contributed by atoms with Gasteiger partial charge in [0.2, 0.25) is 5.91 Å². The molecule has 1 N–H and O–H groups in total. The van der Waals surface area contributed by atoms with Gasteiger partial charge in [0.15, 0.2) is 0 Å². The van der Waals surface area contributed by atoms with Crippen LogP contribution >= 0.6 is 0 Å².